The molecule has 1 amide bonds. The summed E-state index contributed by atoms with van der Waals surface area (Å²) in [7, 11) is 0. The lowest BCUT2D eigenvalue weighted by Crippen LogP contribution is -2.52. The molecule has 1 atom stereocenters. The van der Waals surface area contributed by atoms with Crippen molar-refractivity contribution in [3.05, 3.63) is 0 Å². The molecule has 1 unspecified atom stereocenters. The second-order valence-electron chi connectivity index (χ2n) is 8.42. The Morgan fingerprint density at radius 2 is 1.61 bits per heavy atom. The molecule has 134 valence electrons. The quantitative estimate of drug-likeness (QED) is 0.614. The van der Waals surface area contributed by atoms with E-state index in [1.54, 1.807) is 4.90 Å². The van der Waals surface area contributed by atoms with Crippen LogP contribution < -0.4 is 0 Å². The molecule has 0 aromatic heterocycles. The van der Waals surface area contributed by atoms with Crippen molar-refractivity contribution in [3.8, 4) is 0 Å². The molecule has 1 aliphatic carbocycles. The van der Waals surface area contributed by atoms with E-state index in [0.717, 1.165) is 31.4 Å². The van der Waals surface area contributed by atoms with Crippen LogP contribution in [0.5, 0.6) is 0 Å². The van der Waals surface area contributed by atoms with E-state index < -0.39 is 17.5 Å². The molecule has 0 aromatic rings. The van der Waals surface area contributed by atoms with Gasteiger partial charge in [0.1, 0.15) is 16.1 Å². The van der Waals surface area contributed by atoms with Crippen molar-refractivity contribution in [2.24, 2.45) is 10.3 Å². The summed E-state index contributed by atoms with van der Waals surface area (Å²) >= 11 is -1.22. The van der Waals surface area contributed by atoms with Crippen molar-refractivity contribution in [1.82, 2.24) is 4.90 Å². The third-order valence-corrected chi connectivity index (χ3v) is 5.83. The number of carboxylic acid groups (broad SMARTS) is 1. The van der Waals surface area contributed by atoms with Gasteiger partial charge >= 0.3 is 6.09 Å². The molecule has 5 nitrogen and oxygen atoms in total. The molecule has 1 fully saturated rings. The summed E-state index contributed by atoms with van der Waals surface area (Å²) in [5.41, 5.74) is 0.551. The number of nitrogens with zero attached hydrogens (tertiary/aromatic N) is 2. The van der Waals surface area contributed by atoms with Crippen molar-refractivity contribution in [3.63, 3.8) is 0 Å². The Kier molecular flexibility index (Phi) is 6.55. The normalized spacial score (nSPS) is 25.1. The molecule has 6 heteroatoms. The van der Waals surface area contributed by atoms with Gasteiger partial charge in [0.2, 0.25) is 0 Å². The molecule has 1 saturated carbocycles. The summed E-state index contributed by atoms with van der Waals surface area (Å²) in [6, 6.07) is 0.0599. The zero-order valence-corrected chi connectivity index (χ0v) is 16.4. The van der Waals surface area contributed by atoms with Gasteiger partial charge in [-0.15, -0.1) is 0 Å². The monoisotopic (exact) mass is 344 g/mol. The minimum atomic E-state index is -1.22. The van der Waals surface area contributed by atoms with Crippen LogP contribution in [0.1, 0.15) is 74.1 Å². The Morgan fingerprint density at radius 1 is 1.13 bits per heavy atom. The first-order chi connectivity index (χ1) is 10.3. The second kappa shape index (κ2) is 7.43. The molecule has 23 heavy (non-hydrogen) atoms. The maximum atomic E-state index is 12.1. The molecule has 0 heterocycles. The average molecular weight is 345 g/mol. The molecule has 0 bridgehead atoms. The van der Waals surface area contributed by atoms with Crippen LogP contribution in [-0.2, 0) is 11.4 Å². The maximum Gasteiger partial charge on any atom is 0.407 e. The minimum Gasteiger partial charge on any atom is -0.591 e. The summed E-state index contributed by atoms with van der Waals surface area (Å²) in [6.07, 6.45) is 2.63. The van der Waals surface area contributed by atoms with Gasteiger partial charge in [0.25, 0.3) is 0 Å². The van der Waals surface area contributed by atoms with Gasteiger partial charge in [-0.2, -0.15) is 0 Å². The van der Waals surface area contributed by atoms with Crippen LogP contribution in [0.3, 0.4) is 0 Å². The summed E-state index contributed by atoms with van der Waals surface area (Å²) < 4.78 is 16.2. The minimum absolute atomic E-state index is 0.0599. The van der Waals surface area contributed by atoms with Crippen molar-refractivity contribution in [2.75, 3.05) is 0 Å². The third-order valence-electron chi connectivity index (χ3n) is 4.33. The Bertz CT molecular complexity index is 444. The predicted molar refractivity (Wildman–Crippen MR) is 96.4 cm³/mol. The second-order valence-corrected chi connectivity index (χ2v) is 10.3. The maximum absolute atomic E-state index is 12.1. The van der Waals surface area contributed by atoms with Crippen LogP contribution in [-0.4, -0.2) is 42.7 Å². The van der Waals surface area contributed by atoms with Crippen LogP contribution in [0.15, 0.2) is 4.40 Å². The highest BCUT2D eigenvalue weighted by Gasteiger charge is 2.36. The fourth-order valence-electron chi connectivity index (χ4n) is 3.08. The smallest absolute Gasteiger partial charge is 0.407 e. The van der Waals surface area contributed by atoms with E-state index in [-0.39, 0.29) is 16.3 Å². The van der Waals surface area contributed by atoms with E-state index in [9.17, 15) is 14.5 Å². The molecule has 0 aliphatic heterocycles. The highest BCUT2D eigenvalue weighted by atomic mass is 32.2. The topological polar surface area (TPSA) is 76.0 Å². The summed E-state index contributed by atoms with van der Waals surface area (Å²) in [6.45, 7) is 13.5. The number of carbonyl (C=O) groups is 1. The van der Waals surface area contributed by atoms with Gasteiger partial charge in [-0.05, 0) is 74.1 Å². The van der Waals surface area contributed by atoms with Crippen molar-refractivity contribution in [1.29, 1.82) is 0 Å². The van der Waals surface area contributed by atoms with Gasteiger partial charge in [-0.3, -0.25) is 0 Å². The fourth-order valence-corrected chi connectivity index (χ4v) is 3.77. The standard InChI is InChI=1S/C17H32N2O3S/c1-12(18-23(22)17(5,6)7)13-8-10-14(11-9-13)19(15(20)21)16(2,3)4/h13-14H,8-11H2,1-7H3,(H,20,21). The van der Waals surface area contributed by atoms with Crippen LogP contribution in [0.2, 0.25) is 0 Å². The van der Waals surface area contributed by atoms with Crippen molar-refractivity contribution in [2.45, 2.75) is 90.5 Å². The van der Waals surface area contributed by atoms with Gasteiger partial charge in [0.15, 0.2) is 0 Å². The first-order valence-corrected chi connectivity index (χ1v) is 9.44. The molecular formula is C17H32N2O3S. The molecule has 1 aliphatic rings. The third kappa shape index (κ3) is 5.68. The summed E-state index contributed by atoms with van der Waals surface area (Å²) in [5, 5.41) is 9.51. The van der Waals surface area contributed by atoms with E-state index in [2.05, 4.69) is 4.40 Å². The lowest BCUT2D eigenvalue weighted by Gasteiger charge is -2.42. The van der Waals surface area contributed by atoms with Crippen LogP contribution in [0.4, 0.5) is 4.79 Å². The van der Waals surface area contributed by atoms with Crippen molar-refractivity contribution < 1.29 is 14.5 Å². The lowest BCUT2D eigenvalue weighted by atomic mass is 9.82. The first kappa shape index (κ1) is 20.3. The van der Waals surface area contributed by atoms with Crippen LogP contribution in [0, 0.1) is 5.92 Å². The van der Waals surface area contributed by atoms with E-state index in [1.165, 1.54) is 0 Å². The first-order valence-electron chi connectivity index (χ1n) is 8.33. The summed E-state index contributed by atoms with van der Waals surface area (Å²) in [5.74, 6) is 0.313. The molecular weight excluding hydrogens is 312 g/mol. The molecule has 0 saturated heterocycles. The number of amides is 1. The average Bonchev–Trinajstić information content (AvgIpc) is 2.36. The van der Waals surface area contributed by atoms with Gasteiger partial charge in [-0.25, -0.2) is 4.79 Å². The zero-order chi connectivity index (χ0) is 18.0. The van der Waals surface area contributed by atoms with Gasteiger partial charge in [-0.1, -0.05) is 4.40 Å². The molecule has 0 spiro atoms. The highest BCUT2D eigenvalue weighted by Crippen LogP contribution is 2.32. The summed E-state index contributed by atoms with van der Waals surface area (Å²) in [4.78, 5) is 13.2. The van der Waals surface area contributed by atoms with E-state index in [4.69, 9.17) is 0 Å². The fraction of sp³-hybridized carbons (Fsp3) is 0.882. The van der Waals surface area contributed by atoms with Gasteiger partial charge in [0, 0.05) is 17.5 Å². The molecule has 1 rings (SSSR count). The van der Waals surface area contributed by atoms with E-state index >= 15 is 0 Å². The largest absolute Gasteiger partial charge is 0.591 e. The van der Waals surface area contributed by atoms with Gasteiger partial charge < -0.3 is 14.6 Å². The SMILES string of the molecule is CC(=N[S+]([O-])C(C)(C)C)C1CCC(N(C(=O)O)C(C)(C)C)CC1. The molecule has 0 aromatic carbocycles. The number of hydrogen-bond acceptors (Lipinski definition) is 3. The molecule has 1 N–H and O–H groups in total. The number of hydrogen-bond donors (Lipinski definition) is 1. The Balaban J connectivity index is 2.72. The number of rotatable bonds is 3. The van der Waals surface area contributed by atoms with E-state index in [1.807, 2.05) is 48.5 Å². The molecule has 0 radical (unpaired) electrons. The Labute approximate surface area is 143 Å². The van der Waals surface area contributed by atoms with E-state index in [0.29, 0.717) is 5.92 Å². The predicted octanol–water partition coefficient (Wildman–Crippen LogP) is 4.25. The van der Waals surface area contributed by atoms with Crippen LogP contribution in [0.25, 0.3) is 0 Å². The van der Waals surface area contributed by atoms with Crippen molar-refractivity contribution >= 4 is 23.2 Å². The van der Waals surface area contributed by atoms with Crippen LogP contribution >= 0.6 is 0 Å². The highest BCUT2D eigenvalue weighted by molar-refractivity contribution is 7.91. The van der Waals surface area contributed by atoms with Gasteiger partial charge in [0.05, 0.1) is 5.71 Å². The Morgan fingerprint density at radius 3 is 1.96 bits per heavy atom. The Hall–Kier alpha value is -0.750. The zero-order valence-electron chi connectivity index (χ0n) is 15.5. The lowest BCUT2D eigenvalue weighted by molar-refractivity contribution is 0.0541.